The number of para-hydroxylation sites is 1. The van der Waals surface area contributed by atoms with Crippen molar-refractivity contribution in [2.24, 2.45) is 0 Å². The zero-order valence-electron chi connectivity index (χ0n) is 13.7. The van der Waals surface area contributed by atoms with Gasteiger partial charge in [-0.15, -0.1) is 0 Å². The molecule has 2 aromatic rings. The Kier molecular flexibility index (Phi) is 4.79. The second-order valence-electron chi connectivity index (χ2n) is 5.70. The SMILES string of the molecule is C[C@@H]1C(=O)Nc2ccc(C(=O)COC(=O)COc3ccccc3)cc21. The van der Waals surface area contributed by atoms with Crippen LogP contribution in [0.25, 0.3) is 0 Å². The van der Waals surface area contributed by atoms with Crippen LogP contribution in [0.3, 0.4) is 0 Å². The van der Waals surface area contributed by atoms with Crippen LogP contribution in [0.5, 0.6) is 5.75 Å². The minimum atomic E-state index is -0.622. The van der Waals surface area contributed by atoms with Crippen LogP contribution in [-0.4, -0.2) is 30.9 Å². The summed E-state index contributed by atoms with van der Waals surface area (Å²) in [5.74, 6) is -0.796. The van der Waals surface area contributed by atoms with E-state index in [1.807, 2.05) is 6.07 Å². The Bertz CT molecular complexity index is 816. The Hall–Kier alpha value is -3.15. The molecular formula is C19H17NO5. The predicted octanol–water partition coefficient (Wildman–Crippen LogP) is 2.55. The van der Waals surface area contributed by atoms with Gasteiger partial charge in [0.1, 0.15) is 5.75 Å². The third-order valence-corrected chi connectivity index (χ3v) is 3.96. The molecule has 1 N–H and O–H groups in total. The highest BCUT2D eigenvalue weighted by atomic mass is 16.6. The minimum Gasteiger partial charge on any atom is -0.482 e. The normalized spacial score (nSPS) is 15.2. The molecule has 0 aromatic heterocycles. The molecule has 1 aliphatic rings. The molecule has 0 saturated carbocycles. The van der Waals surface area contributed by atoms with Crippen molar-refractivity contribution in [1.82, 2.24) is 0 Å². The van der Waals surface area contributed by atoms with E-state index in [1.54, 1.807) is 49.4 Å². The Balaban J connectivity index is 1.53. The number of Topliss-reactive ketones (excluding diaryl/α,β-unsaturated/α-hetero) is 1. The molecule has 25 heavy (non-hydrogen) atoms. The lowest BCUT2D eigenvalue weighted by molar-refractivity contribution is -0.144. The molecule has 0 radical (unpaired) electrons. The summed E-state index contributed by atoms with van der Waals surface area (Å²) in [5.41, 5.74) is 1.88. The maximum absolute atomic E-state index is 12.2. The maximum Gasteiger partial charge on any atom is 0.344 e. The number of rotatable bonds is 6. The van der Waals surface area contributed by atoms with Gasteiger partial charge in [0.2, 0.25) is 5.91 Å². The molecule has 0 saturated heterocycles. The van der Waals surface area contributed by atoms with Crippen LogP contribution in [-0.2, 0) is 14.3 Å². The molecule has 1 heterocycles. The third-order valence-electron chi connectivity index (χ3n) is 3.96. The summed E-state index contributed by atoms with van der Waals surface area (Å²) in [6.45, 7) is 1.14. The molecule has 0 fully saturated rings. The lowest BCUT2D eigenvalue weighted by Crippen LogP contribution is -2.19. The van der Waals surface area contributed by atoms with E-state index in [0.717, 1.165) is 5.56 Å². The Morgan fingerprint density at radius 3 is 2.60 bits per heavy atom. The topological polar surface area (TPSA) is 81.7 Å². The van der Waals surface area contributed by atoms with E-state index in [1.165, 1.54) is 0 Å². The number of hydrogen-bond donors (Lipinski definition) is 1. The van der Waals surface area contributed by atoms with Crippen LogP contribution in [0, 0.1) is 0 Å². The van der Waals surface area contributed by atoms with E-state index >= 15 is 0 Å². The molecule has 6 nitrogen and oxygen atoms in total. The summed E-state index contributed by atoms with van der Waals surface area (Å²) < 4.78 is 10.2. The fourth-order valence-electron chi connectivity index (χ4n) is 2.52. The van der Waals surface area contributed by atoms with Crippen LogP contribution >= 0.6 is 0 Å². The number of esters is 1. The number of carbonyl (C=O) groups is 3. The molecule has 1 aliphatic heterocycles. The monoisotopic (exact) mass is 339 g/mol. The molecule has 3 rings (SSSR count). The van der Waals surface area contributed by atoms with Gasteiger partial charge in [0.05, 0.1) is 5.92 Å². The minimum absolute atomic E-state index is 0.0934. The van der Waals surface area contributed by atoms with Crippen molar-refractivity contribution in [3.8, 4) is 5.75 Å². The number of carbonyl (C=O) groups excluding carboxylic acids is 3. The molecular weight excluding hydrogens is 322 g/mol. The first kappa shape index (κ1) is 16.7. The summed E-state index contributed by atoms with van der Waals surface area (Å²) in [5, 5.41) is 2.74. The average molecular weight is 339 g/mol. The summed E-state index contributed by atoms with van der Waals surface area (Å²) >= 11 is 0. The van der Waals surface area contributed by atoms with Crippen LogP contribution in [0.4, 0.5) is 5.69 Å². The van der Waals surface area contributed by atoms with Crippen LogP contribution in [0.15, 0.2) is 48.5 Å². The molecule has 0 aliphatic carbocycles. The summed E-state index contributed by atoms with van der Waals surface area (Å²) in [4.78, 5) is 35.5. The number of hydrogen-bond acceptors (Lipinski definition) is 5. The first-order chi connectivity index (χ1) is 12.0. The van der Waals surface area contributed by atoms with Crippen molar-refractivity contribution in [3.05, 3.63) is 59.7 Å². The van der Waals surface area contributed by atoms with Gasteiger partial charge in [-0.05, 0) is 42.8 Å². The lowest BCUT2D eigenvalue weighted by atomic mass is 9.99. The van der Waals surface area contributed by atoms with Crippen molar-refractivity contribution in [2.75, 3.05) is 18.5 Å². The first-order valence-corrected chi connectivity index (χ1v) is 7.86. The zero-order valence-corrected chi connectivity index (χ0v) is 13.7. The number of benzene rings is 2. The second-order valence-corrected chi connectivity index (χ2v) is 5.70. The molecule has 1 atom stereocenters. The smallest absolute Gasteiger partial charge is 0.344 e. The van der Waals surface area contributed by atoms with E-state index in [9.17, 15) is 14.4 Å². The van der Waals surface area contributed by atoms with Crippen LogP contribution in [0.2, 0.25) is 0 Å². The van der Waals surface area contributed by atoms with Crippen molar-refractivity contribution < 1.29 is 23.9 Å². The molecule has 128 valence electrons. The fraction of sp³-hybridized carbons (Fsp3) is 0.211. The molecule has 0 spiro atoms. The number of nitrogens with one attached hydrogen (secondary N) is 1. The number of anilines is 1. The quantitative estimate of drug-likeness (QED) is 0.646. The van der Waals surface area contributed by atoms with Gasteiger partial charge >= 0.3 is 5.97 Å². The van der Waals surface area contributed by atoms with Gasteiger partial charge in [-0.1, -0.05) is 18.2 Å². The summed E-state index contributed by atoms with van der Waals surface area (Å²) in [6, 6.07) is 13.8. The van der Waals surface area contributed by atoms with Crippen LogP contribution in [0.1, 0.15) is 28.8 Å². The maximum atomic E-state index is 12.2. The van der Waals surface area contributed by atoms with Crippen molar-refractivity contribution in [1.29, 1.82) is 0 Å². The summed E-state index contributed by atoms with van der Waals surface area (Å²) in [7, 11) is 0. The Morgan fingerprint density at radius 1 is 1.08 bits per heavy atom. The molecule has 6 heteroatoms. The number of ether oxygens (including phenoxy) is 2. The van der Waals surface area contributed by atoms with Gasteiger partial charge in [-0.25, -0.2) is 4.79 Å². The standard InChI is InChI=1S/C19H17NO5/c1-12-15-9-13(7-8-16(15)20-19(12)23)17(21)10-25-18(22)11-24-14-5-3-2-4-6-14/h2-9,12H,10-11H2,1H3,(H,20,23)/t12-/m0/s1. The summed E-state index contributed by atoms with van der Waals surface area (Å²) in [6.07, 6.45) is 0. The highest BCUT2D eigenvalue weighted by molar-refractivity contribution is 6.05. The van der Waals surface area contributed by atoms with Crippen LogP contribution < -0.4 is 10.1 Å². The first-order valence-electron chi connectivity index (χ1n) is 7.86. The second kappa shape index (κ2) is 7.17. The highest BCUT2D eigenvalue weighted by Crippen LogP contribution is 2.32. The molecule has 0 bridgehead atoms. The Labute approximate surface area is 144 Å². The lowest BCUT2D eigenvalue weighted by Gasteiger charge is -2.08. The zero-order chi connectivity index (χ0) is 17.8. The van der Waals surface area contributed by atoms with Gasteiger partial charge in [-0.3, -0.25) is 9.59 Å². The molecule has 0 unspecified atom stereocenters. The predicted molar refractivity (Wildman–Crippen MR) is 90.7 cm³/mol. The number of amides is 1. The molecule has 1 amide bonds. The van der Waals surface area contributed by atoms with E-state index < -0.39 is 5.97 Å². The number of fused-ring (bicyclic) bond motifs is 1. The van der Waals surface area contributed by atoms with Gasteiger partial charge < -0.3 is 14.8 Å². The highest BCUT2D eigenvalue weighted by Gasteiger charge is 2.27. The van der Waals surface area contributed by atoms with Gasteiger partial charge in [-0.2, -0.15) is 0 Å². The van der Waals surface area contributed by atoms with E-state index in [-0.39, 0.29) is 30.8 Å². The largest absolute Gasteiger partial charge is 0.482 e. The van der Waals surface area contributed by atoms with Gasteiger partial charge in [0, 0.05) is 11.3 Å². The van der Waals surface area contributed by atoms with Gasteiger partial charge in [0.25, 0.3) is 0 Å². The molecule has 2 aromatic carbocycles. The van der Waals surface area contributed by atoms with E-state index in [4.69, 9.17) is 9.47 Å². The van der Waals surface area contributed by atoms with Gasteiger partial charge in [0.15, 0.2) is 19.0 Å². The number of ketones is 1. The van der Waals surface area contributed by atoms with Crippen molar-refractivity contribution in [3.63, 3.8) is 0 Å². The Morgan fingerprint density at radius 2 is 1.84 bits per heavy atom. The van der Waals surface area contributed by atoms with Crippen molar-refractivity contribution >= 4 is 23.3 Å². The third kappa shape index (κ3) is 3.85. The van der Waals surface area contributed by atoms with E-state index in [2.05, 4.69) is 5.32 Å². The van der Waals surface area contributed by atoms with Crippen molar-refractivity contribution in [2.45, 2.75) is 12.8 Å². The average Bonchev–Trinajstić information content (AvgIpc) is 2.92. The van der Waals surface area contributed by atoms with E-state index in [0.29, 0.717) is 17.0 Å². The fourth-order valence-corrected chi connectivity index (χ4v) is 2.52.